The zero-order valence-electron chi connectivity index (χ0n) is 14.9. The standard InChI is InChI=1S/C20H36O/c1-6-17(2)10-7-11-18(3)12-8-13-19(4)14-9-15-20(5)16-21/h10,12,14,20-21H,6-9,11,13,15-16H2,1-5H3. The highest BCUT2D eigenvalue weighted by Crippen LogP contribution is 2.13. The van der Waals surface area contributed by atoms with Crippen LogP contribution in [0.15, 0.2) is 34.9 Å². The molecule has 0 aromatic rings. The van der Waals surface area contributed by atoms with E-state index in [1.165, 1.54) is 36.0 Å². The van der Waals surface area contributed by atoms with Crippen LogP contribution >= 0.6 is 0 Å². The van der Waals surface area contributed by atoms with E-state index in [-0.39, 0.29) is 0 Å². The van der Waals surface area contributed by atoms with Gasteiger partial charge in [0.15, 0.2) is 0 Å². The average molecular weight is 293 g/mol. The summed E-state index contributed by atoms with van der Waals surface area (Å²) < 4.78 is 0. The number of aliphatic hydroxyl groups excluding tert-OH is 1. The van der Waals surface area contributed by atoms with Crippen molar-refractivity contribution in [2.75, 3.05) is 6.61 Å². The summed E-state index contributed by atoms with van der Waals surface area (Å²) in [5, 5.41) is 8.99. The third-order valence-corrected chi connectivity index (χ3v) is 4.08. The van der Waals surface area contributed by atoms with Crippen molar-refractivity contribution in [2.45, 2.75) is 79.6 Å². The highest BCUT2D eigenvalue weighted by molar-refractivity contribution is 5.05. The Labute approximate surface area is 132 Å². The van der Waals surface area contributed by atoms with Crippen molar-refractivity contribution in [3.63, 3.8) is 0 Å². The van der Waals surface area contributed by atoms with Gasteiger partial charge >= 0.3 is 0 Å². The molecule has 21 heavy (non-hydrogen) atoms. The van der Waals surface area contributed by atoms with Gasteiger partial charge in [-0.05, 0) is 71.6 Å². The fourth-order valence-corrected chi connectivity index (χ4v) is 2.15. The minimum Gasteiger partial charge on any atom is -0.396 e. The summed E-state index contributed by atoms with van der Waals surface area (Å²) in [6.07, 6.45) is 15.1. The highest BCUT2D eigenvalue weighted by Gasteiger charge is 1.98. The summed E-state index contributed by atoms with van der Waals surface area (Å²) in [6, 6.07) is 0. The summed E-state index contributed by atoms with van der Waals surface area (Å²) in [5.41, 5.74) is 4.49. The molecule has 0 fully saturated rings. The molecule has 1 atom stereocenters. The molecule has 0 saturated carbocycles. The monoisotopic (exact) mass is 292 g/mol. The molecule has 1 N–H and O–H groups in total. The van der Waals surface area contributed by atoms with Gasteiger partial charge in [-0.3, -0.25) is 0 Å². The van der Waals surface area contributed by atoms with Gasteiger partial charge in [0.05, 0.1) is 0 Å². The lowest BCUT2D eigenvalue weighted by Crippen LogP contribution is -1.99. The lowest BCUT2D eigenvalue weighted by atomic mass is 10.0. The fourth-order valence-electron chi connectivity index (χ4n) is 2.15. The van der Waals surface area contributed by atoms with Crippen molar-refractivity contribution in [3.05, 3.63) is 34.9 Å². The van der Waals surface area contributed by atoms with Crippen LogP contribution in [0.4, 0.5) is 0 Å². The van der Waals surface area contributed by atoms with Gasteiger partial charge < -0.3 is 5.11 Å². The quantitative estimate of drug-likeness (QED) is 0.449. The second kappa shape index (κ2) is 12.9. The molecule has 0 aliphatic rings. The third kappa shape index (κ3) is 12.6. The Morgan fingerprint density at radius 3 is 1.81 bits per heavy atom. The molecule has 0 aromatic heterocycles. The third-order valence-electron chi connectivity index (χ3n) is 4.08. The van der Waals surface area contributed by atoms with Crippen molar-refractivity contribution in [1.82, 2.24) is 0 Å². The van der Waals surface area contributed by atoms with Crippen LogP contribution < -0.4 is 0 Å². The van der Waals surface area contributed by atoms with Crippen LogP contribution in [0.3, 0.4) is 0 Å². The Morgan fingerprint density at radius 1 is 0.857 bits per heavy atom. The van der Waals surface area contributed by atoms with E-state index in [0.717, 1.165) is 25.7 Å². The van der Waals surface area contributed by atoms with Crippen molar-refractivity contribution in [1.29, 1.82) is 0 Å². The van der Waals surface area contributed by atoms with Crippen LogP contribution in [0.1, 0.15) is 79.6 Å². The number of aliphatic hydroxyl groups is 1. The Kier molecular flexibility index (Phi) is 12.4. The molecule has 122 valence electrons. The summed E-state index contributed by atoms with van der Waals surface area (Å²) >= 11 is 0. The molecule has 0 rings (SSSR count). The number of rotatable bonds is 11. The molecule has 0 aromatic carbocycles. The molecule has 0 saturated heterocycles. The van der Waals surface area contributed by atoms with Crippen molar-refractivity contribution < 1.29 is 5.11 Å². The van der Waals surface area contributed by atoms with Gasteiger partial charge in [-0.25, -0.2) is 0 Å². The normalized spacial score (nSPS) is 15.4. The zero-order valence-corrected chi connectivity index (χ0v) is 14.9. The smallest absolute Gasteiger partial charge is 0.0456 e. The van der Waals surface area contributed by atoms with Gasteiger partial charge in [-0.2, -0.15) is 0 Å². The van der Waals surface area contributed by atoms with Crippen LogP contribution in [0, 0.1) is 5.92 Å². The first-order valence-electron chi connectivity index (χ1n) is 8.57. The molecular weight excluding hydrogens is 256 g/mol. The second-order valence-corrected chi connectivity index (χ2v) is 6.45. The SMILES string of the molecule is CCC(C)=CCCC(C)=CCCC(C)=CCCC(C)CO. The van der Waals surface area contributed by atoms with Gasteiger partial charge in [0, 0.05) is 6.61 Å². The maximum Gasteiger partial charge on any atom is 0.0456 e. The molecule has 0 bridgehead atoms. The molecule has 1 heteroatoms. The van der Waals surface area contributed by atoms with Crippen molar-refractivity contribution in [2.24, 2.45) is 5.92 Å². The fraction of sp³-hybridized carbons (Fsp3) is 0.700. The van der Waals surface area contributed by atoms with Gasteiger partial charge in [-0.15, -0.1) is 0 Å². The van der Waals surface area contributed by atoms with Crippen molar-refractivity contribution in [3.8, 4) is 0 Å². The minimum atomic E-state index is 0.306. The van der Waals surface area contributed by atoms with E-state index >= 15 is 0 Å². The van der Waals surface area contributed by atoms with Gasteiger partial charge in [0.2, 0.25) is 0 Å². The largest absolute Gasteiger partial charge is 0.396 e. The number of hydrogen-bond acceptors (Lipinski definition) is 1. The van der Waals surface area contributed by atoms with Gasteiger partial charge in [-0.1, -0.05) is 48.8 Å². The van der Waals surface area contributed by atoms with Crippen LogP contribution in [-0.2, 0) is 0 Å². The van der Waals surface area contributed by atoms with Crippen LogP contribution in [0.2, 0.25) is 0 Å². The molecule has 0 radical (unpaired) electrons. The van der Waals surface area contributed by atoms with Crippen LogP contribution in [-0.4, -0.2) is 11.7 Å². The maximum atomic E-state index is 8.99. The molecule has 0 spiro atoms. The summed E-state index contributed by atoms with van der Waals surface area (Å²) in [6.45, 7) is 11.3. The first kappa shape index (κ1) is 20.2. The molecule has 0 heterocycles. The summed E-state index contributed by atoms with van der Waals surface area (Å²) in [7, 11) is 0. The van der Waals surface area contributed by atoms with E-state index in [2.05, 4.69) is 52.8 Å². The highest BCUT2D eigenvalue weighted by atomic mass is 16.3. The van der Waals surface area contributed by atoms with E-state index in [1.54, 1.807) is 0 Å². The number of hydrogen-bond donors (Lipinski definition) is 1. The molecule has 0 aliphatic carbocycles. The summed E-state index contributed by atoms with van der Waals surface area (Å²) in [4.78, 5) is 0. The average Bonchev–Trinajstić information content (AvgIpc) is 2.46. The Morgan fingerprint density at radius 2 is 1.33 bits per heavy atom. The maximum absolute atomic E-state index is 8.99. The molecule has 1 nitrogen and oxygen atoms in total. The second-order valence-electron chi connectivity index (χ2n) is 6.45. The Bertz CT molecular complexity index is 347. The van der Waals surface area contributed by atoms with Gasteiger partial charge in [0.1, 0.15) is 0 Å². The molecule has 0 amide bonds. The first-order valence-corrected chi connectivity index (χ1v) is 8.57. The zero-order chi connectivity index (χ0) is 16.1. The molecule has 1 unspecified atom stereocenters. The van der Waals surface area contributed by atoms with Crippen molar-refractivity contribution >= 4 is 0 Å². The number of allylic oxidation sites excluding steroid dienone is 6. The van der Waals surface area contributed by atoms with E-state index in [4.69, 9.17) is 5.11 Å². The van der Waals surface area contributed by atoms with E-state index < -0.39 is 0 Å². The van der Waals surface area contributed by atoms with Gasteiger partial charge in [0.25, 0.3) is 0 Å². The lowest BCUT2D eigenvalue weighted by Gasteiger charge is -2.05. The van der Waals surface area contributed by atoms with E-state index in [1.807, 2.05) is 0 Å². The molecule has 0 aliphatic heterocycles. The topological polar surface area (TPSA) is 20.2 Å². The predicted octanol–water partition coefficient (Wildman–Crippen LogP) is 6.20. The van der Waals surface area contributed by atoms with Crippen LogP contribution in [0.25, 0.3) is 0 Å². The van der Waals surface area contributed by atoms with Crippen LogP contribution in [0.5, 0.6) is 0 Å². The molecular formula is C20H36O. The first-order chi connectivity index (χ1) is 9.99. The summed E-state index contributed by atoms with van der Waals surface area (Å²) in [5.74, 6) is 0.427. The predicted molar refractivity (Wildman–Crippen MR) is 95.5 cm³/mol. The minimum absolute atomic E-state index is 0.306. The lowest BCUT2D eigenvalue weighted by molar-refractivity contribution is 0.231. The Balaban J connectivity index is 3.88. The van der Waals surface area contributed by atoms with E-state index in [9.17, 15) is 0 Å². The van der Waals surface area contributed by atoms with E-state index in [0.29, 0.717) is 12.5 Å². The Hall–Kier alpha value is -0.820.